The van der Waals surface area contributed by atoms with Crippen molar-refractivity contribution in [1.82, 2.24) is 14.9 Å². The molecule has 0 bridgehead atoms. The highest BCUT2D eigenvalue weighted by atomic mass is 35.5. The quantitative estimate of drug-likeness (QED) is 0.533. The zero-order valence-corrected chi connectivity index (χ0v) is 20.1. The monoisotopic (exact) mass is 475 g/mol. The van der Waals surface area contributed by atoms with Crippen LogP contribution in [0.4, 0.5) is 10.6 Å². The molecule has 1 fully saturated rings. The van der Waals surface area contributed by atoms with E-state index in [9.17, 15) is 9.90 Å². The van der Waals surface area contributed by atoms with Gasteiger partial charge in [-0.15, -0.1) is 0 Å². The van der Waals surface area contributed by atoms with E-state index in [1.54, 1.807) is 18.3 Å². The number of carboxylic acid groups (broad SMARTS) is 1. The van der Waals surface area contributed by atoms with Crippen molar-refractivity contribution in [1.29, 1.82) is 5.26 Å². The molecule has 8 heteroatoms. The summed E-state index contributed by atoms with van der Waals surface area (Å²) in [4.78, 5) is 25.2. The van der Waals surface area contributed by atoms with Crippen molar-refractivity contribution >= 4 is 23.5 Å². The second kappa shape index (κ2) is 9.32. The Balaban J connectivity index is 1.76. The number of carbonyl (C=O) groups is 1. The number of anilines is 1. The molecule has 1 aliphatic heterocycles. The molecule has 7 nitrogen and oxygen atoms in total. The summed E-state index contributed by atoms with van der Waals surface area (Å²) in [5.41, 5.74) is 3.47. The molecule has 1 aliphatic rings. The highest BCUT2D eigenvalue weighted by Gasteiger charge is 2.38. The van der Waals surface area contributed by atoms with Gasteiger partial charge in [-0.05, 0) is 29.7 Å². The molecule has 1 aromatic heterocycles. The molecule has 1 N–H and O–H groups in total. The Morgan fingerprint density at radius 3 is 2.26 bits per heavy atom. The lowest BCUT2D eigenvalue weighted by molar-refractivity contribution is 0.0747. The minimum atomic E-state index is -0.899. The SMILES string of the molecule is CC(C)(C)C1CN(c2cnc(-c3ccc(C#N)cc3)c(-c3ccc(Cl)cc3)n2)CCN1C(=O)O. The third kappa shape index (κ3) is 4.82. The Hall–Kier alpha value is -3.63. The lowest BCUT2D eigenvalue weighted by Crippen LogP contribution is -2.59. The van der Waals surface area contributed by atoms with Crippen LogP contribution < -0.4 is 4.90 Å². The maximum atomic E-state index is 11.8. The summed E-state index contributed by atoms with van der Waals surface area (Å²) >= 11 is 6.11. The minimum absolute atomic E-state index is 0.183. The average Bonchev–Trinajstić information content (AvgIpc) is 2.83. The summed E-state index contributed by atoms with van der Waals surface area (Å²) in [7, 11) is 0. The maximum Gasteiger partial charge on any atom is 0.407 e. The second-order valence-electron chi connectivity index (χ2n) is 9.43. The van der Waals surface area contributed by atoms with Crippen molar-refractivity contribution in [3.8, 4) is 28.6 Å². The lowest BCUT2D eigenvalue weighted by Gasteiger charge is -2.46. The normalized spacial score (nSPS) is 16.3. The van der Waals surface area contributed by atoms with Gasteiger partial charge < -0.3 is 14.9 Å². The van der Waals surface area contributed by atoms with Gasteiger partial charge in [-0.1, -0.05) is 56.6 Å². The van der Waals surface area contributed by atoms with Gasteiger partial charge in [0, 0.05) is 35.8 Å². The van der Waals surface area contributed by atoms with Crippen molar-refractivity contribution in [3.05, 3.63) is 65.3 Å². The zero-order valence-electron chi connectivity index (χ0n) is 19.4. The fourth-order valence-electron chi connectivity index (χ4n) is 4.22. The van der Waals surface area contributed by atoms with Crippen LogP contribution in [0.15, 0.2) is 54.7 Å². The van der Waals surface area contributed by atoms with Crippen LogP contribution in [-0.4, -0.2) is 51.7 Å². The minimum Gasteiger partial charge on any atom is -0.465 e. The third-order valence-electron chi connectivity index (χ3n) is 6.11. The molecule has 1 unspecified atom stereocenters. The number of hydrogen-bond donors (Lipinski definition) is 1. The predicted octanol–water partition coefficient (Wildman–Crippen LogP) is 5.55. The van der Waals surface area contributed by atoms with E-state index < -0.39 is 6.09 Å². The fourth-order valence-corrected chi connectivity index (χ4v) is 4.34. The second-order valence-corrected chi connectivity index (χ2v) is 9.86. The summed E-state index contributed by atoms with van der Waals surface area (Å²) in [6.45, 7) is 7.61. The summed E-state index contributed by atoms with van der Waals surface area (Å²) in [6, 6.07) is 16.6. The van der Waals surface area contributed by atoms with Crippen LogP contribution in [0.3, 0.4) is 0 Å². The first kappa shape index (κ1) is 23.5. The molecule has 1 amide bonds. The first-order valence-electron chi connectivity index (χ1n) is 11.1. The molecular weight excluding hydrogens is 450 g/mol. The Morgan fingerprint density at radius 1 is 1.06 bits per heavy atom. The number of halogens is 1. The highest BCUT2D eigenvalue weighted by molar-refractivity contribution is 6.30. The predicted molar refractivity (Wildman–Crippen MR) is 133 cm³/mol. The molecule has 34 heavy (non-hydrogen) atoms. The Morgan fingerprint density at radius 2 is 1.68 bits per heavy atom. The summed E-state index contributed by atoms with van der Waals surface area (Å²) in [5, 5.41) is 19.5. The van der Waals surface area contributed by atoms with Crippen LogP contribution in [-0.2, 0) is 0 Å². The smallest absolute Gasteiger partial charge is 0.407 e. The molecule has 0 radical (unpaired) electrons. The van der Waals surface area contributed by atoms with E-state index in [2.05, 4.69) is 31.7 Å². The van der Waals surface area contributed by atoms with Gasteiger partial charge in [0.2, 0.25) is 0 Å². The Kier molecular flexibility index (Phi) is 6.45. The molecule has 2 aromatic carbocycles. The van der Waals surface area contributed by atoms with E-state index in [1.807, 2.05) is 36.4 Å². The van der Waals surface area contributed by atoms with Gasteiger partial charge in [0.15, 0.2) is 0 Å². The number of nitriles is 1. The van der Waals surface area contributed by atoms with Crippen LogP contribution in [0.5, 0.6) is 0 Å². The third-order valence-corrected chi connectivity index (χ3v) is 6.37. The topological polar surface area (TPSA) is 93.4 Å². The van der Waals surface area contributed by atoms with E-state index in [1.165, 1.54) is 4.90 Å². The van der Waals surface area contributed by atoms with Crippen molar-refractivity contribution in [3.63, 3.8) is 0 Å². The number of amides is 1. The van der Waals surface area contributed by atoms with Crippen LogP contribution in [0, 0.1) is 16.7 Å². The number of hydrogen-bond acceptors (Lipinski definition) is 5. The van der Waals surface area contributed by atoms with Crippen LogP contribution in [0.2, 0.25) is 5.02 Å². The number of rotatable bonds is 3. The van der Waals surface area contributed by atoms with Gasteiger partial charge in [-0.25, -0.2) is 9.78 Å². The molecule has 174 valence electrons. The lowest BCUT2D eigenvalue weighted by atomic mass is 9.84. The summed E-state index contributed by atoms with van der Waals surface area (Å²) in [6.07, 6.45) is 0.840. The largest absolute Gasteiger partial charge is 0.465 e. The van der Waals surface area contributed by atoms with E-state index in [0.29, 0.717) is 47.4 Å². The van der Waals surface area contributed by atoms with Gasteiger partial charge in [-0.2, -0.15) is 5.26 Å². The molecule has 4 rings (SSSR count). The molecule has 2 heterocycles. The zero-order chi connectivity index (χ0) is 24.5. The standard InChI is InChI=1S/C26H26ClN5O2/c1-26(2,3)21-16-31(12-13-32(21)25(33)34)22-15-29-23(18-6-4-17(14-28)5-7-18)24(30-22)19-8-10-20(27)11-9-19/h4-11,15,21H,12-13,16H2,1-3H3,(H,33,34). The number of benzene rings is 2. The number of nitrogens with zero attached hydrogens (tertiary/aromatic N) is 5. The van der Waals surface area contributed by atoms with Crippen molar-refractivity contribution < 1.29 is 9.90 Å². The maximum absolute atomic E-state index is 11.8. The number of piperazine rings is 1. The van der Waals surface area contributed by atoms with E-state index in [0.717, 1.165) is 11.1 Å². The highest BCUT2D eigenvalue weighted by Crippen LogP contribution is 2.34. The Labute approximate surface area is 204 Å². The van der Waals surface area contributed by atoms with Crippen LogP contribution in [0.25, 0.3) is 22.5 Å². The van der Waals surface area contributed by atoms with Crippen molar-refractivity contribution in [2.24, 2.45) is 5.41 Å². The van der Waals surface area contributed by atoms with Gasteiger partial charge >= 0.3 is 6.09 Å². The first-order valence-corrected chi connectivity index (χ1v) is 11.4. The molecule has 3 aromatic rings. The van der Waals surface area contributed by atoms with Crippen LogP contribution in [0.1, 0.15) is 26.3 Å². The average molecular weight is 476 g/mol. The molecule has 0 spiro atoms. The van der Waals surface area contributed by atoms with Crippen molar-refractivity contribution in [2.45, 2.75) is 26.8 Å². The molecular formula is C26H26ClN5O2. The van der Waals surface area contributed by atoms with Gasteiger partial charge in [0.25, 0.3) is 0 Å². The van der Waals surface area contributed by atoms with E-state index in [-0.39, 0.29) is 11.5 Å². The summed E-state index contributed by atoms with van der Waals surface area (Å²) < 4.78 is 0. The molecule has 0 aliphatic carbocycles. The molecule has 1 atom stereocenters. The van der Waals surface area contributed by atoms with E-state index in [4.69, 9.17) is 26.8 Å². The van der Waals surface area contributed by atoms with Crippen LogP contribution >= 0.6 is 11.6 Å². The van der Waals surface area contributed by atoms with E-state index >= 15 is 0 Å². The Bertz CT molecular complexity index is 1230. The molecule has 0 saturated carbocycles. The molecule has 1 saturated heterocycles. The number of aromatic nitrogens is 2. The van der Waals surface area contributed by atoms with Gasteiger partial charge in [-0.3, -0.25) is 4.98 Å². The first-order chi connectivity index (χ1) is 16.2. The van der Waals surface area contributed by atoms with Gasteiger partial charge in [0.05, 0.1) is 35.3 Å². The van der Waals surface area contributed by atoms with Gasteiger partial charge in [0.1, 0.15) is 5.82 Å². The van der Waals surface area contributed by atoms with Crippen molar-refractivity contribution in [2.75, 3.05) is 24.5 Å². The summed E-state index contributed by atoms with van der Waals surface area (Å²) in [5.74, 6) is 0.696. The fraction of sp³-hybridized carbons (Fsp3) is 0.308.